The third-order valence-electron chi connectivity index (χ3n) is 3.69. The van der Waals surface area contributed by atoms with Gasteiger partial charge in [0.25, 0.3) is 0 Å². The molecule has 1 aliphatic rings. The Morgan fingerprint density at radius 3 is 2.65 bits per heavy atom. The van der Waals surface area contributed by atoms with E-state index in [1.807, 2.05) is 12.1 Å². The van der Waals surface area contributed by atoms with Crippen LogP contribution in [0.1, 0.15) is 25.5 Å². The van der Waals surface area contributed by atoms with Crippen molar-refractivity contribution in [1.29, 1.82) is 10.5 Å². The molecule has 5 heteroatoms. The monoisotopic (exact) mass is 269 g/mol. The van der Waals surface area contributed by atoms with Gasteiger partial charge < -0.3 is 4.90 Å². The number of nitriles is 2. The first-order valence-electron chi connectivity index (χ1n) is 7.03. The minimum Gasteiger partial charge on any atom is -0.369 e. The van der Waals surface area contributed by atoms with Crippen LogP contribution in [-0.2, 0) is 0 Å². The van der Waals surface area contributed by atoms with Crippen LogP contribution in [0.25, 0.3) is 0 Å². The lowest BCUT2D eigenvalue weighted by atomic mass is 10.1. The van der Waals surface area contributed by atoms with Crippen LogP contribution in [0.5, 0.6) is 0 Å². The van der Waals surface area contributed by atoms with Gasteiger partial charge in [0.05, 0.1) is 12.1 Å². The van der Waals surface area contributed by atoms with Gasteiger partial charge in [-0.05, 0) is 18.6 Å². The molecule has 2 heterocycles. The molecule has 1 atom stereocenters. The topological polar surface area (TPSA) is 67.0 Å². The zero-order chi connectivity index (χ0) is 14.4. The standard InChI is InChI=1S/C15H19N5/c1-2-3-15(12-17)20-8-6-19(7-9-20)14-4-5-18-13(10-14)11-16/h4-5,10,15H,2-3,6-9H2,1H3. The molecule has 0 spiro atoms. The molecule has 104 valence electrons. The summed E-state index contributed by atoms with van der Waals surface area (Å²) in [5.41, 5.74) is 1.49. The van der Waals surface area contributed by atoms with E-state index < -0.39 is 0 Å². The van der Waals surface area contributed by atoms with Crippen LogP contribution < -0.4 is 4.90 Å². The van der Waals surface area contributed by atoms with Gasteiger partial charge in [-0.1, -0.05) is 13.3 Å². The normalized spacial score (nSPS) is 17.2. The summed E-state index contributed by atoms with van der Waals surface area (Å²) in [6, 6.07) is 8.26. The lowest BCUT2D eigenvalue weighted by Crippen LogP contribution is -2.50. The molecule has 1 aliphatic heterocycles. The molecular weight excluding hydrogens is 250 g/mol. The maximum Gasteiger partial charge on any atom is 0.142 e. The molecule has 0 aromatic carbocycles. The van der Waals surface area contributed by atoms with Gasteiger partial charge in [0.15, 0.2) is 0 Å². The van der Waals surface area contributed by atoms with Crippen molar-refractivity contribution in [3.05, 3.63) is 24.0 Å². The summed E-state index contributed by atoms with van der Waals surface area (Å²) in [6.45, 7) is 5.67. The molecule has 5 nitrogen and oxygen atoms in total. The first-order chi connectivity index (χ1) is 9.78. The van der Waals surface area contributed by atoms with Crippen molar-refractivity contribution in [3.63, 3.8) is 0 Å². The molecule has 1 fully saturated rings. The lowest BCUT2D eigenvalue weighted by Gasteiger charge is -2.38. The Labute approximate surface area is 120 Å². The number of hydrogen-bond acceptors (Lipinski definition) is 5. The second kappa shape index (κ2) is 6.88. The predicted octanol–water partition coefficient (Wildman–Crippen LogP) is 1.77. The van der Waals surface area contributed by atoms with Crippen LogP contribution in [0, 0.1) is 22.7 Å². The lowest BCUT2D eigenvalue weighted by molar-refractivity contribution is 0.211. The van der Waals surface area contributed by atoms with E-state index in [0.29, 0.717) is 5.69 Å². The second-order valence-electron chi connectivity index (χ2n) is 4.97. The predicted molar refractivity (Wildman–Crippen MR) is 77.0 cm³/mol. The first kappa shape index (κ1) is 14.3. The molecule has 1 aromatic heterocycles. The molecule has 1 aromatic rings. The Morgan fingerprint density at radius 2 is 2.05 bits per heavy atom. The Balaban J connectivity index is 1.97. The van der Waals surface area contributed by atoms with Crippen molar-refractivity contribution in [2.24, 2.45) is 0 Å². The minimum atomic E-state index is 0.0364. The smallest absolute Gasteiger partial charge is 0.142 e. The summed E-state index contributed by atoms with van der Waals surface area (Å²) in [5, 5.41) is 18.1. The maximum atomic E-state index is 9.21. The van der Waals surface area contributed by atoms with Gasteiger partial charge in [-0.15, -0.1) is 0 Å². The highest BCUT2D eigenvalue weighted by molar-refractivity contribution is 5.49. The van der Waals surface area contributed by atoms with Gasteiger partial charge in [0, 0.05) is 38.1 Å². The average molecular weight is 269 g/mol. The Bertz CT molecular complexity index is 520. The molecule has 0 aliphatic carbocycles. The van der Waals surface area contributed by atoms with Crippen LogP contribution in [0.2, 0.25) is 0 Å². The number of hydrogen-bond donors (Lipinski definition) is 0. The maximum absolute atomic E-state index is 9.21. The molecular formula is C15H19N5. The van der Waals surface area contributed by atoms with E-state index in [1.165, 1.54) is 0 Å². The molecule has 0 bridgehead atoms. The fraction of sp³-hybridized carbons (Fsp3) is 0.533. The Morgan fingerprint density at radius 1 is 1.30 bits per heavy atom. The molecule has 2 rings (SSSR count). The van der Waals surface area contributed by atoms with E-state index in [4.69, 9.17) is 5.26 Å². The van der Waals surface area contributed by atoms with E-state index in [2.05, 4.69) is 33.8 Å². The Hall–Kier alpha value is -2.11. The second-order valence-corrected chi connectivity index (χ2v) is 4.97. The number of piperazine rings is 1. The molecule has 0 radical (unpaired) electrons. The van der Waals surface area contributed by atoms with Crippen LogP contribution in [-0.4, -0.2) is 42.1 Å². The van der Waals surface area contributed by atoms with Crippen molar-refractivity contribution in [1.82, 2.24) is 9.88 Å². The summed E-state index contributed by atoms with van der Waals surface area (Å²) >= 11 is 0. The van der Waals surface area contributed by atoms with Crippen molar-refractivity contribution in [2.45, 2.75) is 25.8 Å². The summed E-state index contributed by atoms with van der Waals surface area (Å²) in [6.07, 6.45) is 3.65. The van der Waals surface area contributed by atoms with Crippen LogP contribution in [0.15, 0.2) is 18.3 Å². The molecule has 0 amide bonds. The minimum absolute atomic E-state index is 0.0364. The van der Waals surface area contributed by atoms with E-state index >= 15 is 0 Å². The van der Waals surface area contributed by atoms with Gasteiger partial charge in [-0.25, -0.2) is 4.98 Å². The zero-order valence-electron chi connectivity index (χ0n) is 11.8. The number of pyridine rings is 1. The van der Waals surface area contributed by atoms with Gasteiger partial charge in [-0.3, -0.25) is 4.90 Å². The average Bonchev–Trinajstić information content (AvgIpc) is 2.53. The number of aromatic nitrogens is 1. The summed E-state index contributed by atoms with van der Waals surface area (Å²) < 4.78 is 0. The van der Waals surface area contributed by atoms with Gasteiger partial charge in [-0.2, -0.15) is 10.5 Å². The van der Waals surface area contributed by atoms with E-state index in [-0.39, 0.29) is 6.04 Å². The third kappa shape index (κ3) is 3.26. The highest BCUT2D eigenvalue weighted by atomic mass is 15.3. The number of nitrogens with zero attached hydrogens (tertiary/aromatic N) is 5. The zero-order valence-corrected chi connectivity index (χ0v) is 11.8. The third-order valence-corrected chi connectivity index (χ3v) is 3.69. The van der Waals surface area contributed by atoms with Crippen LogP contribution >= 0.6 is 0 Å². The highest BCUT2D eigenvalue weighted by Gasteiger charge is 2.23. The number of anilines is 1. The molecule has 0 saturated carbocycles. The Kier molecular flexibility index (Phi) is 4.92. The van der Waals surface area contributed by atoms with Crippen molar-refractivity contribution in [3.8, 4) is 12.1 Å². The fourth-order valence-electron chi connectivity index (χ4n) is 2.57. The van der Waals surface area contributed by atoms with E-state index in [9.17, 15) is 5.26 Å². The van der Waals surface area contributed by atoms with Crippen molar-refractivity contribution in [2.75, 3.05) is 31.1 Å². The molecule has 1 unspecified atom stereocenters. The van der Waals surface area contributed by atoms with E-state index in [1.54, 1.807) is 6.20 Å². The summed E-state index contributed by atoms with van der Waals surface area (Å²) in [5.74, 6) is 0. The summed E-state index contributed by atoms with van der Waals surface area (Å²) in [4.78, 5) is 8.50. The van der Waals surface area contributed by atoms with E-state index in [0.717, 1.165) is 44.7 Å². The van der Waals surface area contributed by atoms with Crippen molar-refractivity contribution < 1.29 is 0 Å². The first-order valence-corrected chi connectivity index (χ1v) is 7.03. The largest absolute Gasteiger partial charge is 0.369 e. The fourth-order valence-corrected chi connectivity index (χ4v) is 2.57. The molecule has 0 N–H and O–H groups in total. The van der Waals surface area contributed by atoms with Gasteiger partial charge in [0.1, 0.15) is 11.8 Å². The van der Waals surface area contributed by atoms with Gasteiger partial charge >= 0.3 is 0 Å². The van der Waals surface area contributed by atoms with Gasteiger partial charge in [0.2, 0.25) is 0 Å². The SMILES string of the molecule is CCCC(C#N)N1CCN(c2ccnc(C#N)c2)CC1. The molecule has 20 heavy (non-hydrogen) atoms. The molecule has 1 saturated heterocycles. The number of rotatable bonds is 4. The van der Waals surface area contributed by atoms with Crippen molar-refractivity contribution >= 4 is 5.69 Å². The van der Waals surface area contributed by atoms with Crippen LogP contribution in [0.4, 0.5) is 5.69 Å². The summed E-state index contributed by atoms with van der Waals surface area (Å²) in [7, 11) is 0. The highest BCUT2D eigenvalue weighted by Crippen LogP contribution is 2.18. The van der Waals surface area contributed by atoms with Crippen LogP contribution in [0.3, 0.4) is 0 Å². The quantitative estimate of drug-likeness (QED) is 0.833.